The van der Waals surface area contributed by atoms with Crippen LogP contribution in [0.4, 0.5) is 0 Å². The molecule has 0 aliphatic heterocycles. The van der Waals surface area contributed by atoms with Crippen LogP contribution >= 0.6 is 0 Å². The normalized spacial score (nSPS) is 8.50. The number of aryl methyl sites for hydroxylation is 1. The van der Waals surface area contributed by atoms with Crippen molar-refractivity contribution in [3.05, 3.63) is 29.8 Å². The van der Waals surface area contributed by atoms with Gasteiger partial charge >= 0.3 is 18.9 Å². The Kier molecular flexibility index (Phi) is 4.27. The Labute approximate surface area is 73.3 Å². The Balaban J connectivity index is 0.000000810. The van der Waals surface area contributed by atoms with Crippen molar-refractivity contribution in [1.82, 2.24) is 0 Å². The third-order valence-electron chi connectivity index (χ3n) is 1.33. The fraction of sp³-hybridized carbons (Fsp3) is 0.250. The van der Waals surface area contributed by atoms with E-state index in [2.05, 4.69) is 6.92 Å². The molecule has 0 aliphatic carbocycles. The SMILES string of the molecule is CCc1ccc([O-])cc1.[Li+]. The van der Waals surface area contributed by atoms with Crippen LogP contribution in [0.3, 0.4) is 0 Å². The van der Waals surface area contributed by atoms with E-state index in [-0.39, 0.29) is 24.6 Å². The van der Waals surface area contributed by atoms with E-state index in [4.69, 9.17) is 0 Å². The Hall–Kier alpha value is -0.383. The van der Waals surface area contributed by atoms with Crippen LogP contribution in [0.25, 0.3) is 0 Å². The van der Waals surface area contributed by atoms with Crippen molar-refractivity contribution in [3.63, 3.8) is 0 Å². The molecule has 48 valence electrons. The summed E-state index contributed by atoms with van der Waals surface area (Å²) in [5.74, 6) is 0.0900. The third-order valence-corrected chi connectivity index (χ3v) is 1.33. The van der Waals surface area contributed by atoms with Crippen LogP contribution in [-0.2, 0) is 6.42 Å². The first-order chi connectivity index (χ1) is 4.33. The Morgan fingerprint density at radius 2 is 1.70 bits per heavy atom. The second-order valence-electron chi connectivity index (χ2n) is 2.00. The molecule has 10 heavy (non-hydrogen) atoms. The molecular formula is C8H9LiO. The Morgan fingerprint density at radius 1 is 1.20 bits per heavy atom. The van der Waals surface area contributed by atoms with Crippen molar-refractivity contribution in [2.24, 2.45) is 0 Å². The third kappa shape index (κ3) is 2.47. The van der Waals surface area contributed by atoms with Gasteiger partial charge in [-0.25, -0.2) is 0 Å². The maximum Gasteiger partial charge on any atom is 1.00 e. The minimum atomic E-state index is 0. The molecule has 0 saturated carbocycles. The molecule has 0 N–H and O–H groups in total. The summed E-state index contributed by atoms with van der Waals surface area (Å²) in [6.07, 6.45) is 1.00. The summed E-state index contributed by atoms with van der Waals surface area (Å²) in [4.78, 5) is 0. The number of hydrogen-bond acceptors (Lipinski definition) is 1. The van der Waals surface area contributed by atoms with Gasteiger partial charge in [0, 0.05) is 0 Å². The first-order valence-corrected chi connectivity index (χ1v) is 3.09. The quantitative estimate of drug-likeness (QED) is 0.414. The van der Waals surface area contributed by atoms with Gasteiger partial charge in [0.25, 0.3) is 0 Å². The fourth-order valence-electron chi connectivity index (χ4n) is 0.725. The van der Waals surface area contributed by atoms with E-state index in [9.17, 15) is 5.11 Å². The van der Waals surface area contributed by atoms with Gasteiger partial charge < -0.3 is 5.11 Å². The molecule has 0 radical (unpaired) electrons. The van der Waals surface area contributed by atoms with Gasteiger partial charge in [0.05, 0.1) is 0 Å². The zero-order chi connectivity index (χ0) is 6.69. The second-order valence-corrected chi connectivity index (χ2v) is 2.00. The van der Waals surface area contributed by atoms with Crippen molar-refractivity contribution >= 4 is 0 Å². The molecule has 1 nitrogen and oxygen atoms in total. The first-order valence-electron chi connectivity index (χ1n) is 3.09. The van der Waals surface area contributed by atoms with Crippen molar-refractivity contribution < 1.29 is 24.0 Å². The molecule has 0 bridgehead atoms. The topological polar surface area (TPSA) is 23.1 Å². The van der Waals surface area contributed by atoms with Crippen LogP contribution in [0.1, 0.15) is 12.5 Å². The van der Waals surface area contributed by atoms with Crippen LogP contribution in [0.5, 0.6) is 5.75 Å². The monoisotopic (exact) mass is 128 g/mol. The van der Waals surface area contributed by atoms with Gasteiger partial charge in [-0.1, -0.05) is 31.2 Å². The van der Waals surface area contributed by atoms with Crippen molar-refractivity contribution in [1.29, 1.82) is 0 Å². The predicted molar refractivity (Wildman–Crippen MR) is 35.3 cm³/mol. The van der Waals surface area contributed by atoms with Crippen molar-refractivity contribution in [2.45, 2.75) is 13.3 Å². The van der Waals surface area contributed by atoms with Crippen LogP contribution in [0.2, 0.25) is 0 Å². The molecule has 0 heterocycles. The number of rotatable bonds is 1. The summed E-state index contributed by atoms with van der Waals surface area (Å²) in [6.45, 7) is 2.07. The second kappa shape index (κ2) is 4.44. The van der Waals surface area contributed by atoms with E-state index in [1.807, 2.05) is 12.1 Å². The van der Waals surface area contributed by atoms with E-state index in [0.29, 0.717) is 0 Å². The summed E-state index contributed by atoms with van der Waals surface area (Å²) < 4.78 is 0. The summed E-state index contributed by atoms with van der Waals surface area (Å²) in [5, 5.41) is 10.5. The van der Waals surface area contributed by atoms with E-state index < -0.39 is 0 Å². The van der Waals surface area contributed by atoms with Crippen molar-refractivity contribution in [3.8, 4) is 5.75 Å². The van der Waals surface area contributed by atoms with Crippen LogP contribution in [0, 0.1) is 0 Å². The van der Waals surface area contributed by atoms with Gasteiger partial charge in [-0.15, -0.1) is 5.75 Å². The number of benzene rings is 1. The van der Waals surface area contributed by atoms with E-state index in [1.54, 1.807) is 12.1 Å². The smallest absolute Gasteiger partial charge is 0.872 e. The maximum absolute atomic E-state index is 10.5. The molecule has 0 atom stereocenters. The van der Waals surface area contributed by atoms with Gasteiger partial charge in [-0.3, -0.25) is 0 Å². The summed E-state index contributed by atoms with van der Waals surface area (Å²) in [6, 6.07) is 6.92. The molecule has 0 saturated heterocycles. The largest absolute Gasteiger partial charge is 1.00 e. The molecule has 2 heteroatoms. The van der Waals surface area contributed by atoms with Gasteiger partial charge in [-0.2, -0.15) is 0 Å². The van der Waals surface area contributed by atoms with Gasteiger partial charge in [0.15, 0.2) is 0 Å². The molecule has 1 rings (SSSR count). The van der Waals surface area contributed by atoms with E-state index >= 15 is 0 Å². The van der Waals surface area contributed by atoms with Gasteiger partial charge in [-0.05, 0) is 12.0 Å². The molecule has 0 fully saturated rings. The van der Waals surface area contributed by atoms with Crippen LogP contribution < -0.4 is 24.0 Å². The number of hydrogen-bond donors (Lipinski definition) is 0. The zero-order valence-electron chi connectivity index (χ0n) is 6.42. The van der Waals surface area contributed by atoms with Gasteiger partial charge in [0.1, 0.15) is 0 Å². The van der Waals surface area contributed by atoms with Gasteiger partial charge in [0.2, 0.25) is 0 Å². The molecule has 1 aromatic carbocycles. The zero-order valence-corrected chi connectivity index (χ0v) is 6.42. The summed E-state index contributed by atoms with van der Waals surface area (Å²) in [7, 11) is 0. The standard InChI is InChI=1S/C8H10O.Li/c1-2-7-3-5-8(9)6-4-7;/h3-6,9H,2H2,1H3;/q;+1/p-1. The summed E-state index contributed by atoms with van der Waals surface area (Å²) >= 11 is 0. The first kappa shape index (κ1) is 9.62. The maximum atomic E-state index is 10.5. The van der Waals surface area contributed by atoms with Crippen LogP contribution in [-0.4, -0.2) is 0 Å². The van der Waals surface area contributed by atoms with Crippen molar-refractivity contribution in [2.75, 3.05) is 0 Å². The van der Waals surface area contributed by atoms with Crippen LogP contribution in [0.15, 0.2) is 24.3 Å². The van der Waals surface area contributed by atoms with E-state index in [1.165, 1.54) is 5.56 Å². The molecule has 0 spiro atoms. The Bertz CT molecular complexity index is 181. The molecule has 0 aromatic heterocycles. The average Bonchev–Trinajstić information content (AvgIpc) is 1.90. The predicted octanol–water partition coefficient (Wildman–Crippen LogP) is -1.67. The molecule has 0 unspecified atom stereocenters. The molecule has 0 aliphatic rings. The summed E-state index contributed by atoms with van der Waals surface area (Å²) in [5.41, 5.74) is 1.22. The molecule has 1 aromatic rings. The van der Waals surface area contributed by atoms with E-state index in [0.717, 1.165) is 6.42 Å². The fourth-order valence-corrected chi connectivity index (χ4v) is 0.725. The average molecular weight is 128 g/mol. The Morgan fingerprint density at radius 3 is 2.10 bits per heavy atom. The minimum Gasteiger partial charge on any atom is -0.872 e. The molecule has 0 amide bonds. The minimum absolute atomic E-state index is 0. The molecular weight excluding hydrogens is 119 g/mol.